The predicted molar refractivity (Wildman–Crippen MR) is 43.9 cm³/mol. The zero-order chi connectivity index (χ0) is 10.2. The van der Waals surface area contributed by atoms with Gasteiger partial charge >= 0.3 is 0 Å². The molecule has 0 radical (unpaired) electrons. The van der Waals surface area contributed by atoms with Gasteiger partial charge in [-0.15, -0.1) is 0 Å². The molecular formula is C8H7ClF3N. The lowest BCUT2D eigenvalue weighted by Crippen LogP contribution is -2.09. The van der Waals surface area contributed by atoms with Crippen molar-refractivity contribution in [2.45, 2.75) is 13.0 Å². The molecule has 13 heavy (non-hydrogen) atoms. The topological polar surface area (TPSA) is 26.0 Å². The lowest BCUT2D eigenvalue weighted by atomic mass is 10.1. The van der Waals surface area contributed by atoms with Crippen molar-refractivity contribution in [3.63, 3.8) is 0 Å². The van der Waals surface area contributed by atoms with Gasteiger partial charge in [0.2, 0.25) is 0 Å². The van der Waals surface area contributed by atoms with Crippen LogP contribution in [0.15, 0.2) is 6.07 Å². The molecule has 0 saturated carbocycles. The number of rotatable bonds is 1. The van der Waals surface area contributed by atoms with Crippen LogP contribution in [0.5, 0.6) is 0 Å². The molecule has 0 unspecified atom stereocenters. The second kappa shape index (κ2) is 3.55. The normalized spacial score (nSPS) is 13.1. The summed E-state index contributed by atoms with van der Waals surface area (Å²) in [6.07, 6.45) is 0. The van der Waals surface area contributed by atoms with Gasteiger partial charge in [-0.25, -0.2) is 13.2 Å². The van der Waals surface area contributed by atoms with Crippen LogP contribution in [0, 0.1) is 17.5 Å². The van der Waals surface area contributed by atoms with Crippen molar-refractivity contribution in [2.75, 3.05) is 0 Å². The van der Waals surface area contributed by atoms with Crippen LogP contribution < -0.4 is 5.73 Å². The van der Waals surface area contributed by atoms with Gasteiger partial charge in [-0.3, -0.25) is 0 Å². The van der Waals surface area contributed by atoms with Crippen molar-refractivity contribution in [2.24, 2.45) is 5.73 Å². The summed E-state index contributed by atoms with van der Waals surface area (Å²) in [5.41, 5.74) is 5.18. The third-order valence-electron chi connectivity index (χ3n) is 1.62. The Morgan fingerprint density at radius 1 is 1.31 bits per heavy atom. The predicted octanol–water partition coefficient (Wildman–Crippen LogP) is 2.78. The first kappa shape index (κ1) is 10.3. The van der Waals surface area contributed by atoms with Gasteiger partial charge in [-0.2, -0.15) is 0 Å². The molecule has 72 valence electrons. The Hall–Kier alpha value is -0.740. The molecule has 0 saturated heterocycles. The van der Waals surface area contributed by atoms with Crippen molar-refractivity contribution in [1.29, 1.82) is 0 Å². The Morgan fingerprint density at radius 3 is 2.31 bits per heavy atom. The molecule has 0 aliphatic carbocycles. The molecule has 0 bridgehead atoms. The molecular weight excluding hydrogens is 203 g/mol. The van der Waals surface area contributed by atoms with Gasteiger partial charge in [0.25, 0.3) is 0 Å². The summed E-state index contributed by atoms with van der Waals surface area (Å²) >= 11 is 5.19. The highest BCUT2D eigenvalue weighted by Gasteiger charge is 2.18. The Kier molecular flexibility index (Phi) is 2.83. The van der Waals surface area contributed by atoms with Gasteiger partial charge in [0.1, 0.15) is 10.8 Å². The molecule has 1 aromatic rings. The minimum atomic E-state index is -1.39. The monoisotopic (exact) mass is 209 g/mol. The molecule has 0 spiro atoms. The van der Waals surface area contributed by atoms with Crippen molar-refractivity contribution >= 4 is 11.6 Å². The van der Waals surface area contributed by atoms with Crippen LogP contribution in [0.25, 0.3) is 0 Å². The minimum Gasteiger partial charge on any atom is -0.324 e. The van der Waals surface area contributed by atoms with Crippen molar-refractivity contribution in [3.05, 3.63) is 34.1 Å². The quantitative estimate of drug-likeness (QED) is 0.559. The molecule has 0 aromatic heterocycles. The number of hydrogen-bond acceptors (Lipinski definition) is 1. The molecule has 1 atom stereocenters. The van der Waals surface area contributed by atoms with Crippen LogP contribution >= 0.6 is 11.6 Å². The minimum absolute atomic E-state index is 0.135. The van der Waals surface area contributed by atoms with E-state index in [1.807, 2.05) is 0 Å². The Bertz CT molecular complexity index is 339. The van der Waals surface area contributed by atoms with Crippen LogP contribution in [0.2, 0.25) is 5.02 Å². The Morgan fingerprint density at radius 2 is 1.85 bits per heavy atom. The van der Waals surface area contributed by atoms with Crippen LogP contribution in [-0.2, 0) is 0 Å². The van der Waals surface area contributed by atoms with Gasteiger partial charge in [-0.05, 0) is 13.0 Å². The number of benzene rings is 1. The van der Waals surface area contributed by atoms with E-state index < -0.39 is 28.5 Å². The van der Waals surface area contributed by atoms with Crippen molar-refractivity contribution < 1.29 is 13.2 Å². The van der Waals surface area contributed by atoms with Gasteiger partial charge in [0.15, 0.2) is 11.6 Å². The fourth-order valence-corrected chi connectivity index (χ4v) is 1.12. The standard InChI is InChI=1S/C8H7ClF3N/c1-3(13)4-2-5(10)8(12)6(9)7(4)11/h2-3H,13H2,1H3/t3-/m0/s1. The summed E-state index contributed by atoms with van der Waals surface area (Å²) in [6, 6.07) is -0.0195. The maximum absolute atomic E-state index is 13.1. The molecule has 0 amide bonds. The summed E-state index contributed by atoms with van der Waals surface area (Å²) in [5.74, 6) is -3.59. The SMILES string of the molecule is C[C@H](N)c1cc(F)c(F)c(Cl)c1F. The maximum Gasteiger partial charge on any atom is 0.180 e. The van der Waals surface area contributed by atoms with Gasteiger partial charge in [-0.1, -0.05) is 11.6 Å². The lowest BCUT2D eigenvalue weighted by molar-refractivity contribution is 0.487. The summed E-state index contributed by atoms with van der Waals surface area (Å²) in [7, 11) is 0. The zero-order valence-electron chi connectivity index (χ0n) is 6.74. The molecule has 1 rings (SSSR count). The van der Waals surface area contributed by atoms with E-state index in [-0.39, 0.29) is 5.56 Å². The fourth-order valence-electron chi connectivity index (χ4n) is 0.922. The van der Waals surface area contributed by atoms with Crippen molar-refractivity contribution in [3.8, 4) is 0 Å². The van der Waals surface area contributed by atoms with E-state index in [1.54, 1.807) is 0 Å². The molecule has 0 fully saturated rings. The first-order valence-corrected chi connectivity index (χ1v) is 3.91. The number of hydrogen-bond donors (Lipinski definition) is 1. The maximum atomic E-state index is 13.1. The highest BCUT2D eigenvalue weighted by atomic mass is 35.5. The van der Waals surface area contributed by atoms with E-state index >= 15 is 0 Å². The second-order valence-corrected chi connectivity index (χ2v) is 3.06. The Labute approximate surface area is 78.3 Å². The van der Waals surface area contributed by atoms with Crippen LogP contribution in [0.3, 0.4) is 0 Å². The van der Waals surface area contributed by atoms with E-state index in [9.17, 15) is 13.2 Å². The highest BCUT2D eigenvalue weighted by molar-refractivity contribution is 6.31. The molecule has 0 heterocycles. The van der Waals surface area contributed by atoms with Crippen molar-refractivity contribution in [1.82, 2.24) is 0 Å². The number of halogens is 4. The summed E-state index contributed by atoms with van der Waals surface area (Å²) < 4.78 is 38.4. The third-order valence-corrected chi connectivity index (χ3v) is 1.95. The number of nitrogens with two attached hydrogens (primary N) is 1. The lowest BCUT2D eigenvalue weighted by Gasteiger charge is -2.09. The van der Waals surface area contributed by atoms with Crippen LogP contribution in [0.4, 0.5) is 13.2 Å². The average molecular weight is 210 g/mol. The smallest absolute Gasteiger partial charge is 0.180 e. The van der Waals surface area contributed by atoms with Gasteiger partial charge < -0.3 is 5.73 Å². The van der Waals surface area contributed by atoms with E-state index in [2.05, 4.69) is 0 Å². The van der Waals surface area contributed by atoms with E-state index in [4.69, 9.17) is 17.3 Å². The first-order valence-electron chi connectivity index (χ1n) is 3.53. The summed E-state index contributed by atoms with van der Waals surface area (Å²) in [5, 5.41) is -0.854. The average Bonchev–Trinajstić information content (AvgIpc) is 2.07. The van der Waals surface area contributed by atoms with Gasteiger partial charge in [0, 0.05) is 11.6 Å². The first-order chi connectivity index (χ1) is 5.95. The molecule has 1 aromatic carbocycles. The molecule has 1 nitrogen and oxygen atoms in total. The van der Waals surface area contributed by atoms with Crippen LogP contribution in [-0.4, -0.2) is 0 Å². The second-order valence-electron chi connectivity index (χ2n) is 2.68. The molecule has 2 N–H and O–H groups in total. The van der Waals surface area contributed by atoms with Gasteiger partial charge in [0.05, 0.1) is 0 Å². The van der Waals surface area contributed by atoms with E-state index in [0.29, 0.717) is 6.07 Å². The zero-order valence-corrected chi connectivity index (χ0v) is 7.50. The highest BCUT2D eigenvalue weighted by Crippen LogP contribution is 2.27. The fraction of sp³-hybridized carbons (Fsp3) is 0.250. The third kappa shape index (κ3) is 1.78. The summed E-state index contributed by atoms with van der Waals surface area (Å²) in [6.45, 7) is 1.45. The summed E-state index contributed by atoms with van der Waals surface area (Å²) in [4.78, 5) is 0. The van der Waals surface area contributed by atoms with Crippen LogP contribution in [0.1, 0.15) is 18.5 Å². The molecule has 5 heteroatoms. The Balaban J connectivity index is 3.41. The van der Waals surface area contributed by atoms with E-state index in [1.165, 1.54) is 6.92 Å². The van der Waals surface area contributed by atoms with E-state index in [0.717, 1.165) is 0 Å². The molecule has 0 aliphatic heterocycles. The largest absolute Gasteiger partial charge is 0.324 e. The molecule has 0 aliphatic rings.